The van der Waals surface area contributed by atoms with Crippen LogP contribution in [0, 0.1) is 0 Å². The SMILES string of the molecule is [2H]c1c([2H])c([2H])c2c(c1[2H])c1c([2H])c([2H])c([2H])c([2H])c1n2-c1cc(-c2c(-c3ccc4c5ccccc5n(-c5ccccc5)c4c3)cccc2-n2c3ccccc3c3ccccc32)nc(-n2c3ccccc3c3ccccc32)n1. The first-order chi connectivity index (χ1) is 38.1. The molecule has 0 unspecified atom stereocenters. The summed E-state index contributed by atoms with van der Waals surface area (Å²) in [7, 11) is 0. The molecule has 0 amide bonds. The van der Waals surface area contributed by atoms with Gasteiger partial charge in [0.05, 0.1) is 66.5 Å². The summed E-state index contributed by atoms with van der Waals surface area (Å²) >= 11 is 0. The summed E-state index contributed by atoms with van der Waals surface area (Å²) in [5.41, 5.74) is 10.2. The van der Waals surface area contributed by atoms with E-state index in [1.165, 1.54) is 4.57 Å². The molecular formula is C64H40N6. The lowest BCUT2D eigenvalue weighted by atomic mass is 9.94. The summed E-state index contributed by atoms with van der Waals surface area (Å²) in [6, 6.07) is 62.2. The molecule has 0 aliphatic carbocycles. The lowest BCUT2D eigenvalue weighted by Crippen LogP contribution is -2.09. The van der Waals surface area contributed by atoms with Crippen molar-refractivity contribution in [2.24, 2.45) is 0 Å². The van der Waals surface area contributed by atoms with Gasteiger partial charge in [0.25, 0.3) is 0 Å². The quantitative estimate of drug-likeness (QED) is 0.167. The Hall–Kier alpha value is -9.52. The van der Waals surface area contributed by atoms with E-state index in [2.05, 4.69) is 118 Å². The molecule has 0 atom stereocenters. The minimum absolute atomic E-state index is 0.0454. The van der Waals surface area contributed by atoms with Gasteiger partial charge in [0.1, 0.15) is 5.82 Å². The van der Waals surface area contributed by atoms with Crippen LogP contribution in [0.25, 0.3) is 133 Å². The Labute approximate surface area is 413 Å². The fourth-order valence-electron chi connectivity index (χ4n) is 11.0. The van der Waals surface area contributed by atoms with Crippen molar-refractivity contribution in [3.8, 4) is 45.5 Å². The van der Waals surface area contributed by atoms with Crippen molar-refractivity contribution in [2.45, 2.75) is 0 Å². The van der Waals surface area contributed by atoms with Crippen LogP contribution in [-0.2, 0) is 0 Å². The number of hydrogen-bond donors (Lipinski definition) is 0. The smallest absolute Gasteiger partial charge is 0.237 e. The molecule has 0 aliphatic rings. The van der Waals surface area contributed by atoms with Crippen LogP contribution >= 0.6 is 0 Å². The van der Waals surface area contributed by atoms with Gasteiger partial charge in [-0.1, -0.05) is 170 Å². The van der Waals surface area contributed by atoms with Gasteiger partial charge < -0.3 is 9.13 Å². The number of hydrogen-bond acceptors (Lipinski definition) is 2. The van der Waals surface area contributed by atoms with E-state index in [0.29, 0.717) is 11.3 Å². The topological polar surface area (TPSA) is 45.5 Å². The lowest BCUT2D eigenvalue weighted by Gasteiger charge is -2.20. The van der Waals surface area contributed by atoms with Gasteiger partial charge in [0.2, 0.25) is 5.95 Å². The monoisotopic (exact) mass is 900 g/mol. The average molecular weight is 901 g/mol. The van der Waals surface area contributed by atoms with Crippen molar-refractivity contribution in [1.82, 2.24) is 28.2 Å². The molecule has 0 N–H and O–H groups in total. The number of rotatable bonds is 6. The fourth-order valence-corrected chi connectivity index (χ4v) is 11.0. The lowest BCUT2D eigenvalue weighted by molar-refractivity contribution is 0.951. The van der Waals surface area contributed by atoms with E-state index >= 15 is 0 Å². The van der Waals surface area contributed by atoms with Crippen LogP contribution < -0.4 is 0 Å². The first-order valence-corrected chi connectivity index (χ1v) is 23.2. The van der Waals surface area contributed by atoms with Crippen LogP contribution in [0.5, 0.6) is 0 Å². The Balaban J connectivity index is 1.14. The highest BCUT2D eigenvalue weighted by Crippen LogP contribution is 2.44. The third kappa shape index (κ3) is 5.56. The molecule has 0 spiro atoms. The van der Waals surface area contributed by atoms with E-state index in [4.69, 9.17) is 15.5 Å². The van der Waals surface area contributed by atoms with Gasteiger partial charge in [-0.25, -0.2) is 4.98 Å². The van der Waals surface area contributed by atoms with Crippen LogP contribution in [0.2, 0.25) is 0 Å². The van der Waals surface area contributed by atoms with Crippen molar-refractivity contribution in [3.63, 3.8) is 0 Å². The van der Waals surface area contributed by atoms with Crippen LogP contribution in [0.4, 0.5) is 0 Å². The average Bonchev–Trinajstić information content (AvgIpc) is 4.07. The van der Waals surface area contributed by atoms with Crippen LogP contribution in [-0.4, -0.2) is 28.2 Å². The molecule has 15 aromatic rings. The molecule has 326 valence electrons. The molecule has 0 aliphatic heterocycles. The molecule has 6 heteroatoms. The van der Waals surface area contributed by atoms with Crippen molar-refractivity contribution < 1.29 is 11.0 Å². The summed E-state index contributed by atoms with van der Waals surface area (Å²) in [5.74, 6) is 0.341. The van der Waals surface area contributed by atoms with Crippen molar-refractivity contribution in [3.05, 3.63) is 242 Å². The maximum Gasteiger partial charge on any atom is 0.237 e. The van der Waals surface area contributed by atoms with Crippen LogP contribution in [0.1, 0.15) is 11.0 Å². The summed E-state index contributed by atoms with van der Waals surface area (Å²) < 4.78 is 81.5. The molecule has 0 saturated carbocycles. The molecule has 0 radical (unpaired) electrons. The van der Waals surface area contributed by atoms with Gasteiger partial charge in [0.15, 0.2) is 0 Å². The molecule has 5 aromatic heterocycles. The molecule has 15 rings (SSSR count). The maximum absolute atomic E-state index is 9.56. The van der Waals surface area contributed by atoms with E-state index < -0.39 is 48.3 Å². The van der Waals surface area contributed by atoms with Gasteiger partial charge >= 0.3 is 0 Å². The number of fused-ring (bicyclic) bond motifs is 12. The van der Waals surface area contributed by atoms with Crippen LogP contribution in [0.3, 0.4) is 0 Å². The Bertz CT molecular complexity index is 4910. The number of nitrogens with zero attached hydrogens (tertiary/aromatic N) is 6. The zero-order valence-electron chi connectivity index (χ0n) is 45.2. The van der Waals surface area contributed by atoms with E-state index in [1.807, 2.05) is 83.4 Å². The van der Waals surface area contributed by atoms with Gasteiger partial charge in [-0.15, -0.1) is 0 Å². The normalized spacial score (nSPS) is 13.6. The Morgan fingerprint density at radius 2 is 0.814 bits per heavy atom. The van der Waals surface area contributed by atoms with Crippen LogP contribution in [0.15, 0.2) is 242 Å². The standard InChI is InChI=1S/C64H40N6/c1-2-19-42(20-3-1)67-53-29-11-4-27-50(53)51-38-37-41(39-61(51)67)43-28-18-36-60(68-54-30-12-5-21-44(54)45-22-6-13-31-55(45)68)63(43)52-40-62(69-56-32-14-7-23-46(56)47-24-8-15-33-57(47)69)66-64(65-52)70-58-34-16-9-25-48(58)49-26-10-17-35-59(49)70/h1-40H/i7D,8D,14D,15D,23D,24D,32D,33D. The second-order valence-electron chi connectivity index (χ2n) is 17.6. The molecule has 5 heterocycles. The van der Waals surface area contributed by atoms with Crippen molar-refractivity contribution in [1.29, 1.82) is 0 Å². The second-order valence-corrected chi connectivity index (χ2v) is 17.6. The minimum atomic E-state index is -0.527. The van der Waals surface area contributed by atoms with Gasteiger partial charge in [-0.05, 0) is 77.8 Å². The first kappa shape index (κ1) is 31.5. The predicted octanol–water partition coefficient (Wildman–Crippen LogP) is 16.2. The van der Waals surface area contributed by atoms with E-state index in [-0.39, 0.29) is 33.6 Å². The summed E-state index contributed by atoms with van der Waals surface area (Å²) in [5, 5.41) is 6.12. The fraction of sp³-hybridized carbons (Fsp3) is 0. The Morgan fingerprint density at radius 1 is 0.329 bits per heavy atom. The Morgan fingerprint density at radius 3 is 1.39 bits per heavy atom. The Kier molecular flexibility index (Phi) is 6.74. The number of benzene rings is 10. The van der Waals surface area contributed by atoms with E-state index in [9.17, 15) is 5.48 Å². The molecule has 70 heavy (non-hydrogen) atoms. The predicted molar refractivity (Wildman–Crippen MR) is 290 cm³/mol. The molecular weight excluding hydrogens is 853 g/mol. The summed E-state index contributed by atoms with van der Waals surface area (Å²) in [6.07, 6.45) is 0. The minimum Gasteiger partial charge on any atom is -0.309 e. The molecule has 0 saturated heterocycles. The number of aromatic nitrogens is 6. The van der Waals surface area contributed by atoms with E-state index in [1.54, 1.807) is 6.07 Å². The van der Waals surface area contributed by atoms with Gasteiger partial charge in [-0.2, -0.15) is 4.98 Å². The molecule has 0 fully saturated rings. The molecule has 6 nitrogen and oxygen atoms in total. The third-order valence-electron chi connectivity index (χ3n) is 13.9. The van der Waals surface area contributed by atoms with Crippen molar-refractivity contribution >= 4 is 87.2 Å². The zero-order chi connectivity index (χ0) is 52.8. The zero-order valence-corrected chi connectivity index (χ0v) is 37.2. The largest absolute Gasteiger partial charge is 0.309 e. The highest BCUT2D eigenvalue weighted by atomic mass is 15.2. The van der Waals surface area contributed by atoms with Crippen molar-refractivity contribution in [2.75, 3.05) is 0 Å². The molecule has 10 aromatic carbocycles. The van der Waals surface area contributed by atoms with E-state index in [0.717, 1.165) is 87.9 Å². The second kappa shape index (κ2) is 15.0. The third-order valence-corrected chi connectivity index (χ3v) is 13.9. The maximum atomic E-state index is 9.56. The first-order valence-electron chi connectivity index (χ1n) is 27.2. The summed E-state index contributed by atoms with van der Waals surface area (Å²) in [4.78, 5) is 11.1. The van der Waals surface area contributed by atoms with Gasteiger partial charge in [-0.3, -0.25) is 9.13 Å². The highest BCUT2D eigenvalue weighted by Gasteiger charge is 2.25. The molecule has 0 bridgehead atoms. The highest BCUT2D eigenvalue weighted by molar-refractivity contribution is 6.13. The summed E-state index contributed by atoms with van der Waals surface area (Å²) in [6.45, 7) is 0. The van der Waals surface area contributed by atoms with Gasteiger partial charge in [0, 0.05) is 60.4 Å². The number of para-hydroxylation sites is 8.